The molecule has 3 rings (SSSR count). The van der Waals surface area contributed by atoms with Gasteiger partial charge >= 0.3 is 0 Å². The second-order valence-electron chi connectivity index (χ2n) is 3.83. The zero-order valence-electron chi connectivity index (χ0n) is 8.85. The summed E-state index contributed by atoms with van der Waals surface area (Å²) in [5.74, 6) is 0. The Hall–Kier alpha value is -1.93. The largest absolute Gasteiger partial charge is 0.325 e. The lowest BCUT2D eigenvalue weighted by atomic mass is 10.0. The predicted octanol–water partition coefficient (Wildman–Crippen LogP) is 2.85. The maximum absolute atomic E-state index is 5.74. The quantitative estimate of drug-likeness (QED) is 0.624. The van der Waals surface area contributed by atoms with E-state index in [4.69, 9.17) is 5.73 Å². The minimum absolute atomic E-state index is 0.478. The molecule has 0 bridgehead atoms. The fraction of sp³-hybridized carbons (Fsp3) is 0.0714. The van der Waals surface area contributed by atoms with E-state index < -0.39 is 0 Å². The first-order valence-corrected chi connectivity index (χ1v) is 5.36. The molecule has 0 fully saturated rings. The van der Waals surface area contributed by atoms with Crippen molar-refractivity contribution in [1.29, 1.82) is 0 Å². The monoisotopic (exact) mass is 208 g/mol. The number of hydrogen-bond acceptors (Lipinski definition) is 2. The minimum Gasteiger partial charge on any atom is -0.325 e. The van der Waals surface area contributed by atoms with Crippen LogP contribution in [-0.4, -0.2) is 4.98 Å². The number of nitrogens with two attached hydrogens (primary N) is 1. The summed E-state index contributed by atoms with van der Waals surface area (Å²) in [6, 6.07) is 16.5. The van der Waals surface area contributed by atoms with Crippen molar-refractivity contribution < 1.29 is 0 Å². The Bertz CT molecular complexity index is 659. The molecule has 0 aliphatic heterocycles. The van der Waals surface area contributed by atoms with E-state index in [0.29, 0.717) is 6.54 Å². The number of aromatic nitrogens is 1. The van der Waals surface area contributed by atoms with Crippen molar-refractivity contribution in [3.8, 4) is 0 Å². The molecule has 1 heterocycles. The average Bonchev–Trinajstić information content (AvgIpc) is 2.38. The van der Waals surface area contributed by atoms with E-state index in [1.54, 1.807) is 0 Å². The van der Waals surface area contributed by atoms with Crippen LogP contribution in [0.15, 0.2) is 48.5 Å². The zero-order chi connectivity index (χ0) is 11.0. The molecule has 0 saturated heterocycles. The lowest BCUT2D eigenvalue weighted by Gasteiger charge is -2.07. The van der Waals surface area contributed by atoms with Crippen LogP contribution in [-0.2, 0) is 6.54 Å². The Morgan fingerprint density at radius 1 is 0.812 bits per heavy atom. The van der Waals surface area contributed by atoms with Crippen molar-refractivity contribution >= 4 is 21.7 Å². The number of para-hydroxylation sites is 1. The van der Waals surface area contributed by atoms with Crippen LogP contribution in [0, 0.1) is 0 Å². The Morgan fingerprint density at radius 3 is 2.19 bits per heavy atom. The van der Waals surface area contributed by atoms with Gasteiger partial charge in [0.25, 0.3) is 0 Å². The van der Waals surface area contributed by atoms with Crippen molar-refractivity contribution in [2.75, 3.05) is 0 Å². The SMILES string of the molecule is NCc1nc2ccccc2c2ccccc12. The van der Waals surface area contributed by atoms with Crippen LogP contribution in [0.2, 0.25) is 0 Å². The molecular formula is C14H12N2. The number of hydrogen-bond donors (Lipinski definition) is 1. The number of rotatable bonds is 1. The highest BCUT2D eigenvalue weighted by Gasteiger charge is 2.05. The highest BCUT2D eigenvalue weighted by molar-refractivity contribution is 6.06. The van der Waals surface area contributed by atoms with Crippen LogP contribution in [0.5, 0.6) is 0 Å². The maximum atomic E-state index is 5.74. The van der Waals surface area contributed by atoms with Gasteiger partial charge in [0, 0.05) is 17.3 Å². The smallest absolute Gasteiger partial charge is 0.0712 e. The number of fused-ring (bicyclic) bond motifs is 3. The van der Waals surface area contributed by atoms with Crippen molar-refractivity contribution in [2.45, 2.75) is 6.54 Å². The topological polar surface area (TPSA) is 38.9 Å². The van der Waals surface area contributed by atoms with Crippen molar-refractivity contribution in [2.24, 2.45) is 5.73 Å². The Morgan fingerprint density at radius 2 is 1.44 bits per heavy atom. The van der Waals surface area contributed by atoms with Crippen LogP contribution < -0.4 is 5.73 Å². The van der Waals surface area contributed by atoms with Crippen molar-refractivity contribution in [3.63, 3.8) is 0 Å². The third-order valence-electron chi connectivity index (χ3n) is 2.88. The highest BCUT2D eigenvalue weighted by atomic mass is 14.7. The molecule has 0 atom stereocenters. The maximum Gasteiger partial charge on any atom is 0.0712 e. The van der Waals surface area contributed by atoms with Gasteiger partial charge in [-0.3, -0.25) is 4.98 Å². The standard InChI is InChI=1S/C14H12N2/c15-9-14-12-7-2-1-5-10(12)11-6-3-4-8-13(11)16-14/h1-8H,9,15H2. The number of pyridine rings is 1. The molecule has 78 valence electrons. The fourth-order valence-electron chi connectivity index (χ4n) is 2.13. The van der Waals surface area contributed by atoms with E-state index in [0.717, 1.165) is 16.6 Å². The van der Waals surface area contributed by atoms with Crippen LogP contribution in [0.3, 0.4) is 0 Å². The summed E-state index contributed by atoms with van der Waals surface area (Å²) in [7, 11) is 0. The highest BCUT2D eigenvalue weighted by Crippen LogP contribution is 2.25. The molecule has 3 aromatic rings. The molecule has 2 aromatic carbocycles. The van der Waals surface area contributed by atoms with Crippen LogP contribution in [0.25, 0.3) is 21.7 Å². The number of benzene rings is 2. The summed E-state index contributed by atoms with van der Waals surface area (Å²) >= 11 is 0. The van der Waals surface area contributed by atoms with Gasteiger partial charge < -0.3 is 5.73 Å². The van der Waals surface area contributed by atoms with Crippen molar-refractivity contribution in [1.82, 2.24) is 4.98 Å². The summed E-state index contributed by atoms with van der Waals surface area (Å²) in [5.41, 5.74) is 7.73. The normalized spacial score (nSPS) is 11.1. The third kappa shape index (κ3) is 1.27. The second kappa shape index (κ2) is 3.58. The molecular weight excluding hydrogens is 196 g/mol. The Balaban J connectivity index is 2.57. The molecule has 2 heteroatoms. The van der Waals surface area contributed by atoms with Gasteiger partial charge in [0.15, 0.2) is 0 Å². The second-order valence-corrected chi connectivity index (χ2v) is 3.83. The molecule has 0 radical (unpaired) electrons. The van der Waals surface area contributed by atoms with Gasteiger partial charge in [0.05, 0.1) is 11.2 Å². The lowest BCUT2D eigenvalue weighted by Crippen LogP contribution is -2.01. The Kier molecular flexibility index (Phi) is 2.08. The third-order valence-corrected chi connectivity index (χ3v) is 2.88. The molecule has 0 aliphatic rings. The van der Waals surface area contributed by atoms with Gasteiger partial charge in [-0.05, 0) is 11.5 Å². The molecule has 1 aromatic heterocycles. The van der Waals surface area contributed by atoms with Crippen LogP contribution in [0.4, 0.5) is 0 Å². The van der Waals surface area contributed by atoms with E-state index in [2.05, 4.69) is 29.2 Å². The fourth-order valence-corrected chi connectivity index (χ4v) is 2.13. The molecule has 0 amide bonds. The van der Waals surface area contributed by atoms with Gasteiger partial charge in [0.1, 0.15) is 0 Å². The minimum atomic E-state index is 0.478. The van der Waals surface area contributed by atoms with Gasteiger partial charge in [0.2, 0.25) is 0 Å². The summed E-state index contributed by atoms with van der Waals surface area (Å²) in [6.45, 7) is 0.478. The molecule has 2 N–H and O–H groups in total. The first kappa shape index (κ1) is 9.31. The molecule has 0 spiro atoms. The zero-order valence-corrected chi connectivity index (χ0v) is 8.85. The molecule has 0 aliphatic carbocycles. The average molecular weight is 208 g/mol. The first-order chi connectivity index (χ1) is 7.90. The molecule has 16 heavy (non-hydrogen) atoms. The van der Waals surface area contributed by atoms with E-state index in [9.17, 15) is 0 Å². The van der Waals surface area contributed by atoms with E-state index >= 15 is 0 Å². The van der Waals surface area contributed by atoms with Gasteiger partial charge in [-0.15, -0.1) is 0 Å². The van der Waals surface area contributed by atoms with Crippen molar-refractivity contribution in [3.05, 3.63) is 54.2 Å². The van der Waals surface area contributed by atoms with E-state index in [1.807, 2.05) is 24.3 Å². The number of nitrogens with zero attached hydrogens (tertiary/aromatic N) is 1. The predicted molar refractivity (Wildman–Crippen MR) is 67.1 cm³/mol. The summed E-state index contributed by atoms with van der Waals surface area (Å²) in [5, 5.41) is 3.58. The molecule has 2 nitrogen and oxygen atoms in total. The summed E-state index contributed by atoms with van der Waals surface area (Å²) in [4.78, 5) is 4.60. The summed E-state index contributed by atoms with van der Waals surface area (Å²) < 4.78 is 0. The van der Waals surface area contributed by atoms with Gasteiger partial charge in [-0.2, -0.15) is 0 Å². The van der Waals surface area contributed by atoms with Gasteiger partial charge in [-0.25, -0.2) is 0 Å². The van der Waals surface area contributed by atoms with Crippen LogP contribution >= 0.6 is 0 Å². The van der Waals surface area contributed by atoms with E-state index in [1.165, 1.54) is 10.8 Å². The van der Waals surface area contributed by atoms with Gasteiger partial charge in [-0.1, -0.05) is 42.5 Å². The van der Waals surface area contributed by atoms with Crippen LogP contribution in [0.1, 0.15) is 5.69 Å². The molecule has 0 saturated carbocycles. The Labute approximate surface area is 93.7 Å². The lowest BCUT2D eigenvalue weighted by molar-refractivity contribution is 1.02. The van der Waals surface area contributed by atoms with E-state index in [-0.39, 0.29) is 0 Å². The molecule has 0 unspecified atom stereocenters. The first-order valence-electron chi connectivity index (χ1n) is 5.36. The summed E-state index contributed by atoms with van der Waals surface area (Å²) in [6.07, 6.45) is 0.